The van der Waals surface area contributed by atoms with Gasteiger partial charge in [-0.1, -0.05) is 38.3 Å². The lowest BCUT2D eigenvalue weighted by Gasteiger charge is -2.28. The van der Waals surface area contributed by atoms with Crippen molar-refractivity contribution < 1.29 is 0 Å². The molecular formula is C17H30ClN3. The maximum absolute atomic E-state index is 6.27. The molecule has 1 N–H and O–H groups in total. The zero-order chi connectivity index (χ0) is 15.7. The van der Waals surface area contributed by atoms with Crippen LogP contribution in [0.5, 0.6) is 0 Å². The summed E-state index contributed by atoms with van der Waals surface area (Å²) in [6.45, 7) is 11.7. The average molecular weight is 312 g/mol. The fraction of sp³-hybridized carbons (Fsp3) is 0.706. The van der Waals surface area contributed by atoms with E-state index in [2.05, 4.69) is 49.0 Å². The Bertz CT molecular complexity index is 407. The molecule has 120 valence electrons. The molecule has 0 fully saturated rings. The van der Waals surface area contributed by atoms with E-state index in [1.165, 1.54) is 19.3 Å². The highest BCUT2D eigenvalue weighted by Gasteiger charge is 2.13. The van der Waals surface area contributed by atoms with Crippen LogP contribution in [0.2, 0.25) is 5.02 Å². The average Bonchev–Trinajstić information content (AvgIpc) is 2.46. The van der Waals surface area contributed by atoms with Crippen LogP contribution in [-0.4, -0.2) is 24.1 Å². The van der Waals surface area contributed by atoms with Crippen LogP contribution in [0.1, 0.15) is 58.9 Å². The Morgan fingerprint density at radius 3 is 2.62 bits per heavy atom. The Hall–Kier alpha value is -0.800. The lowest BCUT2D eigenvalue weighted by Crippen LogP contribution is -2.32. The van der Waals surface area contributed by atoms with E-state index in [0.29, 0.717) is 6.04 Å². The lowest BCUT2D eigenvalue weighted by atomic mass is 10.2. The van der Waals surface area contributed by atoms with Crippen molar-refractivity contribution in [3.63, 3.8) is 0 Å². The normalized spacial score (nSPS) is 11.1. The molecule has 3 nitrogen and oxygen atoms in total. The Morgan fingerprint density at radius 1 is 1.24 bits per heavy atom. The molecule has 0 radical (unpaired) electrons. The predicted molar refractivity (Wildman–Crippen MR) is 93.3 cm³/mol. The summed E-state index contributed by atoms with van der Waals surface area (Å²) in [4.78, 5) is 6.90. The van der Waals surface area contributed by atoms with E-state index < -0.39 is 0 Å². The van der Waals surface area contributed by atoms with Gasteiger partial charge in [0.25, 0.3) is 0 Å². The number of unbranched alkanes of at least 4 members (excludes halogenated alkanes) is 2. The summed E-state index contributed by atoms with van der Waals surface area (Å²) in [6, 6.07) is 2.59. The van der Waals surface area contributed by atoms with Gasteiger partial charge >= 0.3 is 0 Å². The monoisotopic (exact) mass is 311 g/mol. The summed E-state index contributed by atoms with van der Waals surface area (Å²) in [5.41, 5.74) is 1.14. The van der Waals surface area contributed by atoms with E-state index in [1.807, 2.05) is 0 Å². The number of hydrogen-bond acceptors (Lipinski definition) is 3. The molecule has 0 amide bonds. The van der Waals surface area contributed by atoms with Crippen molar-refractivity contribution in [1.82, 2.24) is 10.3 Å². The summed E-state index contributed by atoms with van der Waals surface area (Å²) in [6.07, 6.45) is 6.63. The molecule has 4 heteroatoms. The molecule has 0 aliphatic rings. The highest BCUT2D eigenvalue weighted by atomic mass is 35.5. The zero-order valence-corrected chi connectivity index (χ0v) is 14.7. The fourth-order valence-electron chi connectivity index (χ4n) is 2.33. The molecule has 1 aromatic rings. The third-order valence-corrected chi connectivity index (χ3v) is 3.92. The first-order chi connectivity index (χ1) is 10.1. The van der Waals surface area contributed by atoms with Gasteiger partial charge in [0, 0.05) is 25.3 Å². The van der Waals surface area contributed by atoms with Crippen LogP contribution in [0.3, 0.4) is 0 Å². The lowest BCUT2D eigenvalue weighted by molar-refractivity contribution is 0.618. The van der Waals surface area contributed by atoms with Gasteiger partial charge in [0.05, 0.1) is 5.02 Å². The highest BCUT2D eigenvalue weighted by Crippen LogP contribution is 2.22. The molecule has 21 heavy (non-hydrogen) atoms. The molecule has 1 heterocycles. The molecule has 0 saturated heterocycles. The van der Waals surface area contributed by atoms with Crippen LogP contribution in [0.25, 0.3) is 0 Å². The largest absolute Gasteiger partial charge is 0.354 e. The van der Waals surface area contributed by atoms with Gasteiger partial charge in [-0.25, -0.2) is 4.98 Å². The van der Waals surface area contributed by atoms with Crippen LogP contribution in [-0.2, 0) is 6.54 Å². The van der Waals surface area contributed by atoms with Crippen molar-refractivity contribution in [3.05, 3.63) is 22.8 Å². The minimum absolute atomic E-state index is 0.451. The molecule has 1 rings (SSSR count). The zero-order valence-electron chi connectivity index (χ0n) is 14.0. The van der Waals surface area contributed by atoms with E-state index in [9.17, 15) is 0 Å². The topological polar surface area (TPSA) is 28.2 Å². The van der Waals surface area contributed by atoms with E-state index in [0.717, 1.165) is 42.5 Å². The third kappa shape index (κ3) is 6.23. The standard InChI is InChI=1S/C17H30ClN3/c1-5-7-8-10-21(14(3)4)17-11-15(12-19-9-6-2)16(18)13-20-17/h11,13-14,19H,5-10,12H2,1-4H3. The second-order valence-electron chi connectivity index (χ2n) is 5.80. The van der Waals surface area contributed by atoms with E-state index >= 15 is 0 Å². The van der Waals surface area contributed by atoms with Gasteiger partial charge in [-0.3, -0.25) is 0 Å². The van der Waals surface area contributed by atoms with Crippen molar-refractivity contribution in [2.45, 2.75) is 66.0 Å². The van der Waals surface area contributed by atoms with Crippen LogP contribution >= 0.6 is 11.6 Å². The first-order valence-corrected chi connectivity index (χ1v) is 8.59. The van der Waals surface area contributed by atoms with E-state index in [1.54, 1.807) is 6.20 Å². The van der Waals surface area contributed by atoms with Crippen molar-refractivity contribution in [2.24, 2.45) is 0 Å². The maximum Gasteiger partial charge on any atom is 0.129 e. The molecular weight excluding hydrogens is 282 g/mol. The number of nitrogens with one attached hydrogen (secondary N) is 1. The first-order valence-electron chi connectivity index (χ1n) is 8.21. The van der Waals surface area contributed by atoms with Crippen molar-refractivity contribution >= 4 is 17.4 Å². The number of pyridine rings is 1. The smallest absolute Gasteiger partial charge is 0.129 e. The summed E-state index contributed by atoms with van der Waals surface area (Å²) in [5.74, 6) is 1.04. The molecule has 0 bridgehead atoms. The molecule has 0 saturated carbocycles. The molecule has 0 spiro atoms. The first kappa shape index (κ1) is 18.2. The minimum Gasteiger partial charge on any atom is -0.354 e. The highest BCUT2D eigenvalue weighted by molar-refractivity contribution is 6.31. The minimum atomic E-state index is 0.451. The number of nitrogens with zero attached hydrogens (tertiary/aromatic N) is 2. The summed E-state index contributed by atoms with van der Waals surface area (Å²) in [5, 5.41) is 4.16. The molecule has 0 unspecified atom stereocenters. The second-order valence-corrected chi connectivity index (χ2v) is 6.21. The molecule has 1 aromatic heterocycles. The van der Waals surface area contributed by atoms with Gasteiger partial charge in [-0.05, 0) is 44.9 Å². The van der Waals surface area contributed by atoms with Crippen LogP contribution in [0.15, 0.2) is 12.3 Å². The van der Waals surface area contributed by atoms with Gasteiger partial charge in [-0.15, -0.1) is 0 Å². The van der Waals surface area contributed by atoms with Crippen LogP contribution < -0.4 is 10.2 Å². The van der Waals surface area contributed by atoms with Gasteiger partial charge < -0.3 is 10.2 Å². The Kier molecular flexibility index (Phi) is 8.70. The van der Waals surface area contributed by atoms with Crippen molar-refractivity contribution in [1.29, 1.82) is 0 Å². The number of aromatic nitrogens is 1. The molecule has 0 aliphatic heterocycles. The summed E-state index contributed by atoms with van der Waals surface area (Å²) >= 11 is 6.27. The summed E-state index contributed by atoms with van der Waals surface area (Å²) in [7, 11) is 0. The van der Waals surface area contributed by atoms with Gasteiger partial charge in [0.1, 0.15) is 5.82 Å². The molecule has 0 aromatic carbocycles. The number of halogens is 1. The van der Waals surface area contributed by atoms with Crippen LogP contribution in [0.4, 0.5) is 5.82 Å². The Labute approximate surface area is 135 Å². The molecule has 0 atom stereocenters. The Morgan fingerprint density at radius 2 is 2.00 bits per heavy atom. The van der Waals surface area contributed by atoms with Gasteiger partial charge in [0.15, 0.2) is 0 Å². The second kappa shape index (κ2) is 10.0. The quantitative estimate of drug-likeness (QED) is 0.638. The van der Waals surface area contributed by atoms with Gasteiger partial charge in [0.2, 0.25) is 0 Å². The maximum atomic E-state index is 6.27. The van der Waals surface area contributed by atoms with Crippen LogP contribution in [0, 0.1) is 0 Å². The molecule has 0 aliphatic carbocycles. The number of rotatable bonds is 10. The van der Waals surface area contributed by atoms with Crippen molar-refractivity contribution in [2.75, 3.05) is 18.0 Å². The fourth-order valence-corrected chi connectivity index (χ4v) is 2.50. The SMILES string of the molecule is CCCCCN(c1cc(CNCCC)c(Cl)cn1)C(C)C. The summed E-state index contributed by atoms with van der Waals surface area (Å²) < 4.78 is 0. The Balaban J connectivity index is 2.80. The van der Waals surface area contributed by atoms with E-state index in [-0.39, 0.29) is 0 Å². The van der Waals surface area contributed by atoms with Gasteiger partial charge in [-0.2, -0.15) is 0 Å². The number of hydrogen-bond donors (Lipinski definition) is 1. The third-order valence-electron chi connectivity index (χ3n) is 3.58. The predicted octanol–water partition coefficient (Wildman–Crippen LogP) is 4.64. The van der Waals surface area contributed by atoms with E-state index in [4.69, 9.17) is 11.6 Å². The van der Waals surface area contributed by atoms with Crippen molar-refractivity contribution in [3.8, 4) is 0 Å². The number of anilines is 1.